The van der Waals surface area contributed by atoms with Crippen LogP contribution < -0.4 is 9.47 Å². The summed E-state index contributed by atoms with van der Waals surface area (Å²) in [5, 5.41) is 0. The van der Waals surface area contributed by atoms with Gasteiger partial charge in [0.1, 0.15) is 0 Å². The summed E-state index contributed by atoms with van der Waals surface area (Å²) in [6, 6.07) is 7.77. The summed E-state index contributed by atoms with van der Waals surface area (Å²) in [5.41, 5.74) is 3.56. The Labute approximate surface area is 182 Å². The number of hydrogen-bond donors (Lipinski definition) is 0. The number of hydrogen-bond acceptors (Lipinski definition) is 5. The molecule has 5 rings (SSSR count). The van der Waals surface area contributed by atoms with E-state index in [1.165, 1.54) is 19.3 Å². The van der Waals surface area contributed by atoms with Gasteiger partial charge in [0.05, 0.1) is 0 Å². The summed E-state index contributed by atoms with van der Waals surface area (Å²) in [6.45, 7) is 4.61. The molecule has 6 nitrogen and oxygen atoms in total. The number of carbonyl (C=O) groups excluding carboxylic acids is 2. The Morgan fingerprint density at radius 2 is 1.94 bits per heavy atom. The number of esters is 1. The molecule has 2 saturated carbocycles. The molecule has 0 N–H and O–H groups in total. The molecule has 3 atom stereocenters. The summed E-state index contributed by atoms with van der Waals surface area (Å²) in [4.78, 5) is 25.1. The summed E-state index contributed by atoms with van der Waals surface area (Å²) in [5.74, 6) is 3.06. The highest BCUT2D eigenvalue weighted by molar-refractivity contribution is 5.99. The van der Waals surface area contributed by atoms with Crippen molar-refractivity contribution < 1.29 is 23.8 Å². The number of ketones is 1. The molecule has 0 saturated heterocycles. The lowest BCUT2D eigenvalue weighted by atomic mass is 9.86. The first-order chi connectivity index (χ1) is 15.0. The van der Waals surface area contributed by atoms with E-state index >= 15 is 0 Å². The third-order valence-corrected chi connectivity index (χ3v) is 7.33. The average molecular weight is 424 g/mol. The minimum atomic E-state index is -0.236. The predicted octanol–water partition coefficient (Wildman–Crippen LogP) is 4.43. The molecule has 6 heteroatoms. The van der Waals surface area contributed by atoms with Crippen LogP contribution >= 0.6 is 0 Å². The van der Waals surface area contributed by atoms with E-state index in [-0.39, 0.29) is 25.2 Å². The summed E-state index contributed by atoms with van der Waals surface area (Å²) in [6.07, 6.45) is 5.44. The molecule has 1 aromatic carbocycles. The molecule has 3 aliphatic rings. The maximum atomic E-state index is 12.8. The van der Waals surface area contributed by atoms with Crippen molar-refractivity contribution in [2.75, 3.05) is 13.4 Å². The van der Waals surface area contributed by atoms with Crippen LogP contribution in [0.25, 0.3) is 0 Å². The SMILES string of the molecule is Cc1cc(C(=O)COC(=O)C[C@@H]2C[C@H]3CC[C@@H]2C3)c(C)n1Cc1ccc2c(c1)OCO2. The molecule has 2 aliphatic carbocycles. The first kappa shape index (κ1) is 20.2. The van der Waals surface area contributed by atoms with Crippen LogP contribution in [0.15, 0.2) is 24.3 Å². The van der Waals surface area contributed by atoms with Crippen LogP contribution in [-0.4, -0.2) is 29.7 Å². The van der Waals surface area contributed by atoms with Crippen molar-refractivity contribution in [2.24, 2.45) is 17.8 Å². The van der Waals surface area contributed by atoms with Crippen molar-refractivity contribution in [3.63, 3.8) is 0 Å². The normalized spacial score (nSPS) is 23.4. The largest absolute Gasteiger partial charge is 0.457 e. The lowest BCUT2D eigenvalue weighted by Crippen LogP contribution is -2.20. The lowest BCUT2D eigenvalue weighted by Gasteiger charge is -2.20. The van der Waals surface area contributed by atoms with E-state index in [2.05, 4.69) is 4.57 Å². The van der Waals surface area contributed by atoms with Crippen molar-refractivity contribution in [3.05, 3.63) is 46.8 Å². The molecule has 2 heterocycles. The monoisotopic (exact) mass is 423 g/mol. The van der Waals surface area contributed by atoms with Gasteiger partial charge in [-0.25, -0.2) is 0 Å². The first-order valence-corrected chi connectivity index (χ1v) is 11.2. The summed E-state index contributed by atoms with van der Waals surface area (Å²) >= 11 is 0. The van der Waals surface area contributed by atoms with Gasteiger partial charge in [0.25, 0.3) is 0 Å². The van der Waals surface area contributed by atoms with Gasteiger partial charge in [0.2, 0.25) is 12.6 Å². The third kappa shape index (κ3) is 3.95. The van der Waals surface area contributed by atoms with Crippen molar-refractivity contribution in [1.82, 2.24) is 4.57 Å². The van der Waals surface area contributed by atoms with Crippen LogP contribution in [0.1, 0.15) is 59.4 Å². The molecule has 31 heavy (non-hydrogen) atoms. The van der Waals surface area contributed by atoms with E-state index in [0.717, 1.165) is 40.8 Å². The minimum Gasteiger partial charge on any atom is -0.457 e. The second kappa shape index (κ2) is 8.06. The van der Waals surface area contributed by atoms with Gasteiger partial charge in [-0.2, -0.15) is 0 Å². The van der Waals surface area contributed by atoms with E-state index in [9.17, 15) is 9.59 Å². The standard InChI is InChI=1S/C25H29NO5/c1-15-7-21(16(2)26(15)12-18-4-6-23-24(10-18)31-14-30-23)22(27)13-29-25(28)11-20-9-17-3-5-19(20)8-17/h4,6-7,10,17,19-20H,3,5,8-9,11-14H2,1-2H3/t17-,19+,20-/m0/s1. The van der Waals surface area contributed by atoms with E-state index in [0.29, 0.717) is 30.4 Å². The molecule has 1 aromatic heterocycles. The van der Waals surface area contributed by atoms with Gasteiger partial charge in [-0.3, -0.25) is 9.59 Å². The molecule has 0 radical (unpaired) electrons. The number of rotatable bonds is 7. The summed E-state index contributed by atoms with van der Waals surface area (Å²) < 4.78 is 18.3. The minimum absolute atomic E-state index is 0.147. The fourth-order valence-corrected chi connectivity index (χ4v) is 5.67. The van der Waals surface area contributed by atoms with E-state index in [1.807, 2.05) is 38.1 Å². The Hall–Kier alpha value is -2.76. The third-order valence-electron chi connectivity index (χ3n) is 7.33. The highest BCUT2D eigenvalue weighted by atomic mass is 16.7. The quantitative estimate of drug-likeness (QED) is 0.487. The second-order valence-electron chi connectivity index (χ2n) is 9.28. The highest BCUT2D eigenvalue weighted by Crippen LogP contribution is 2.49. The van der Waals surface area contributed by atoms with Gasteiger partial charge in [-0.15, -0.1) is 0 Å². The molecule has 0 amide bonds. The molecule has 164 valence electrons. The molecular weight excluding hydrogens is 394 g/mol. The van der Waals surface area contributed by atoms with Crippen molar-refractivity contribution in [1.29, 1.82) is 0 Å². The van der Waals surface area contributed by atoms with Crippen molar-refractivity contribution in [3.8, 4) is 11.5 Å². The predicted molar refractivity (Wildman–Crippen MR) is 114 cm³/mol. The van der Waals surface area contributed by atoms with Gasteiger partial charge < -0.3 is 18.8 Å². The fourth-order valence-electron chi connectivity index (χ4n) is 5.67. The number of Topliss-reactive ketones (excluding diaryl/α,β-unsaturated/α-hetero) is 1. The zero-order valence-electron chi connectivity index (χ0n) is 18.2. The average Bonchev–Trinajstić information content (AvgIpc) is 3.53. The second-order valence-corrected chi connectivity index (χ2v) is 9.28. The van der Waals surface area contributed by atoms with Crippen LogP contribution in [0.4, 0.5) is 0 Å². The van der Waals surface area contributed by atoms with Gasteiger partial charge in [0, 0.05) is 29.9 Å². The highest BCUT2D eigenvalue weighted by Gasteiger charge is 2.40. The Balaban J connectivity index is 1.20. The molecule has 2 fully saturated rings. The maximum Gasteiger partial charge on any atom is 0.306 e. The van der Waals surface area contributed by atoms with Crippen molar-refractivity contribution >= 4 is 11.8 Å². The zero-order valence-corrected chi connectivity index (χ0v) is 18.2. The number of fused-ring (bicyclic) bond motifs is 3. The fraction of sp³-hybridized carbons (Fsp3) is 0.520. The van der Waals surface area contributed by atoms with Crippen molar-refractivity contribution in [2.45, 2.75) is 52.5 Å². The number of ether oxygens (including phenoxy) is 3. The molecule has 0 spiro atoms. The number of benzene rings is 1. The Morgan fingerprint density at radius 1 is 1.10 bits per heavy atom. The Bertz CT molecular complexity index is 1020. The number of nitrogens with zero attached hydrogens (tertiary/aromatic N) is 1. The van der Waals surface area contributed by atoms with E-state index in [4.69, 9.17) is 14.2 Å². The van der Waals surface area contributed by atoms with Crippen LogP contribution in [0.5, 0.6) is 11.5 Å². The Morgan fingerprint density at radius 3 is 2.71 bits per heavy atom. The van der Waals surface area contributed by atoms with Gasteiger partial charge >= 0.3 is 5.97 Å². The molecule has 0 unspecified atom stereocenters. The van der Waals surface area contributed by atoms with Gasteiger partial charge in [-0.05, 0) is 74.6 Å². The zero-order chi connectivity index (χ0) is 21.5. The Kier molecular flexibility index (Phi) is 5.24. The van der Waals surface area contributed by atoms with E-state index in [1.54, 1.807) is 0 Å². The first-order valence-electron chi connectivity index (χ1n) is 11.2. The summed E-state index contributed by atoms with van der Waals surface area (Å²) in [7, 11) is 0. The van der Waals surface area contributed by atoms with Crippen LogP contribution in [0, 0.1) is 31.6 Å². The maximum absolute atomic E-state index is 12.8. The molecular formula is C25H29NO5. The molecule has 2 aromatic rings. The van der Waals surface area contributed by atoms with Crippen LogP contribution in [-0.2, 0) is 16.1 Å². The topological polar surface area (TPSA) is 66.8 Å². The lowest BCUT2D eigenvalue weighted by molar-refractivity contribution is -0.144. The molecule has 1 aliphatic heterocycles. The van der Waals surface area contributed by atoms with Crippen LogP contribution in [0.3, 0.4) is 0 Å². The smallest absolute Gasteiger partial charge is 0.306 e. The van der Waals surface area contributed by atoms with Gasteiger partial charge in [-0.1, -0.05) is 12.5 Å². The number of carbonyl (C=O) groups is 2. The van der Waals surface area contributed by atoms with Gasteiger partial charge in [0.15, 0.2) is 18.1 Å². The van der Waals surface area contributed by atoms with E-state index < -0.39 is 0 Å². The number of aromatic nitrogens is 1. The number of aryl methyl sites for hydroxylation is 1. The van der Waals surface area contributed by atoms with Crippen LogP contribution in [0.2, 0.25) is 0 Å². The molecule has 2 bridgehead atoms.